The van der Waals surface area contributed by atoms with Gasteiger partial charge in [-0.1, -0.05) is 40.2 Å². The molecule has 4 heteroatoms. The minimum absolute atomic E-state index is 0.121. The first kappa shape index (κ1) is 14.0. The molecule has 0 saturated carbocycles. The monoisotopic (exact) mass is 323 g/mol. The SMILES string of the molecule is C[C@@H](NCc1cccc(F)c1O)c1ccc(Br)cc1. The summed E-state index contributed by atoms with van der Waals surface area (Å²) in [6.45, 7) is 2.44. The van der Waals surface area contributed by atoms with Crippen molar-refractivity contribution in [1.82, 2.24) is 5.32 Å². The zero-order valence-electron chi connectivity index (χ0n) is 10.5. The number of hydrogen-bond acceptors (Lipinski definition) is 2. The molecule has 2 N–H and O–H groups in total. The second-order valence-corrected chi connectivity index (χ2v) is 5.32. The third kappa shape index (κ3) is 3.55. The molecule has 0 aliphatic rings. The molecule has 0 amide bonds. The van der Waals surface area contributed by atoms with E-state index < -0.39 is 5.82 Å². The van der Waals surface area contributed by atoms with Crippen molar-refractivity contribution in [3.05, 3.63) is 63.9 Å². The van der Waals surface area contributed by atoms with Crippen LogP contribution in [-0.4, -0.2) is 5.11 Å². The molecule has 2 rings (SSSR count). The maximum atomic E-state index is 13.2. The van der Waals surface area contributed by atoms with Gasteiger partial charge in [0.1, 0.15) is 0 Å². The standard InChI is InChI=1S/C15H15BrFNO/c1-10(11-5-7-13(16)8-6-11)18-9-12-3-2-4-14(17)15(12)19/h2-8,10,18-19H,9H2,1H3/t10-/m1/s1. The molecule has 0 aliphatic carbocycles. The molecular formula is C15H15BrFNO. The van der Waals surface area contributed by atoms with E-state index in [0.717, 1.165) is 10.0 Å². The zero-order valence-corrected chi connectivity index (χ0v) is 12.1. The van der Waals surface area contributed by atoms with Gasteiger partial charge >= 0.3 is 0 Å². The van der Waals surface area contributed by atoms with E-state index in [1.807, 2.05) is 31.2 Å². The number of aromatic hydroxyl groups is 1. The summed E-state index contributed by atoms with van der Waals surface area (Å²) in [6.07, 6.45) is 0. The Balaban J connectivity index is 2.02. The average molecular weight is 324 g/mol. The lowest BCUT2D eigenvalue weighted by molar-refractivity contribution is 0.421. The Hall–Kier alpha value is -1.39. The minimum Gasteiger partial charge on any atom is -0.505 e. The molecule has 100 valence electrons. The average Bonchev–Trinajstić information content (AvgIpc) is 2.41. The van der Waals surface area contributed by atoms with Gasteiger partial charge in [-0.2, -0.15) is 0 Å². The summed E-state index contributed by atoms with van der Waals surface area (Å²) in [5.74, 6) is -0.867. The highest BCUT2D eigenvalue weighted by molar-refractivity contribution is 9.10. The molecule has 19 heavy (non-hydrogen) atoms. The molecule has 0 aliphatic heterocycles. The van der Waals surface area contributed by atoms with Gasteiger partial charge in [-0.15, -0.1) is 0 Å². The molecule has 0 heterocycles. The first-order chi connectivity index (χ1) is 9.08. The predicted molar refractivity (Wildman–Crippen MR) is 77.5 cm³/mol. The van der Waals surface area contributed by atoms with E-state index in [1.54, 1.807) is 12.1 Å². The number of para-hydroxylation sites is 1. The minimum atomic E-state index is -0.587. The van der Waals surface area contributed by atoms with Crippen LogP contribution in [0, 0.1) is 5.82 Å². The summed E-state index contributed by atoms with van der Waals surface area (Å²) in [5, 5.41) is 12.9. The quantitative estimate of drug-likeness (QED) is 0.886. The van der Waals surface area contributed by atoms with Crippen LogP contribution >= 0.6 is 15.9 Å². The third-order valence-corrected chi connectivity index (χ3v) is 3.57. The van der Waals surface area contributed by atoms with Crippen LogP contribution in [0.15, 0.2) is 46.9 Å². The Kier molecular flexibility index (Phi) is 4.56. The Labute approximate surface area is 120 Å². The molecular weight excluding hydrogens is 309 g/mol. The van der Waals surface area contributed by atoms with Crippen molar-refractivity contribution < 1.29 is 9.50 Å². The fourth-order valence-corrected chi connectivity index (χ4v) is 2.10. The number of halogens is 2. The zero-order chi connectivity index (χ0) is 13.8. The fraction of sp³-hybridized carbons (Fsp3) is 0.200. The van der Waals surface area contributed by atoms with Gasteiger partial charge in [-0.05, 0) is 30.7 Å². The van der Waals surface area contributed by atoms with E-state index in [1.165, 1.54) is 6.07 Å². The van der Waals surface area contributed by atoms with Crippen molar-refractivity contribution in [3.8, 4) is 5.75 Å². The highest BCUT2D eigenvalue weighted by Crippen LogP contribution is 2.22. The van der Waals surface area contributed by atoms with E-state index in [0.29, 0.717) is 12.1 Å². The van der Waals surface area contributed by atoms with Crippen molar-refractivity contribution in [3.63, 3.8) is 0 Å². The molecule has 2 nitrogen and oxygen atoms in total. The van der Waals surface area contributed by atoms with Gasteiger partial charge in [0.25, 0.3) is 0 Å². The fourth-order valence-electron chi connectivity index (χ4n) is 1.84. The second-order valence-electron chi connectivity index (χ2n) is 4.40. The van der Waals surface area contributed by atoms with Gasteiger partial charge in [0, 0.05) is 22.6 Å². The predicted octanol–water partition coefficient (Wildman–Crippen LogP) is 4.14. The summed E-state index contributed by atoms with van der Waals surface area (Å²) in [7, 11) is 0. The smallest absolute Gasteiger partial charge is 0.165 e. The molecule has 0 radical (unpaired) electrons. The lowest BCUT2D eigenvalue weighted by Gasteiger charge is -2.15. The van der Waals surface area contributed by atoms with Crippen LogP contribution in [0.2, 0.25) is 0 Å². The van der Waals surface area contributed by atoms with Gasteiger partial charge < -0.3 is 10.4 Å². The number of rotatable bonds is 4. The first-order valence-corrected chi connectivity index (χ1v) is 6.82. The molecule has 0 spiro atoms. The molecule has 0 aromatic heterocycles. The molecule has 1 atom stereocenters. The van der Waals surface area contributed by atoms with E-state index in [9.17, 15) is 9.50 Å². The highest BCUT2D eigenvalue weighted by atomic mass is 79.9. The molecule has 2 aromatic carbocycles. The van der Waals surface area contributed by atoms with E-state index >= 15 is 0 Å². The van der Waals surface area contributed by atoms with Crippen molar-refractivity contribution in [1.29, 1.82) is 0 Å². The summed E-state index contributed by atoms with van der Waals surface area (Å²) in [4.78, 5) is 0. The van der Waals surface area contributed by atoms with Gasteiger partial charge in [0.05, 0.1) is 0 Å². The maximum absolute atomic E-state index is 13.2. The number of benzene rings is 2. The Morgan fingerprint density at radius 2 is 1.89 bits per heavy atom. The summed E-state index contributed by atoms with van der Waals surface area (Å²) in [5.41, 5.74) is 1.70. The van der Waals surface area contributed by atoms with Crippen molar-refractivity contribution in [2.24, 2.45) is 0 Å². The van der Waals surface area contributed by atoms with Gasteiger partial charge in [-0.25, -0.2) is 4.39 Å². The largest absolute Gasteiger partial charge is 0.505 e. The van der Waals surface area contributed by atoms with Gasteiger partial charge in [0.15, 0.2) is 11.6 Å². The van der Waals surface area contributed by atoms with E-state index in [-0.39, 0.29) is 11.8 Å². The van der Waals surface area contributed by atoms with E-state index in [2.05, 4.69) is 21.2 Å². The van der Waals surface area contributed by atoms with Crippen LogP contribution < -0.4 is 5.32 Å². The Bertz CT molecular complexity index is 557. The van der Waals surface area contributed by atoms with Gasteiger partial charge in [-0.3, -0.25) is 0 Å². The Morgan fingerprint density at radius 3 is 2.58 bits per heavy atom. The van der Waals surface area contributed by atoms with Gasteiger partial charge in [0.2, 0.25) is 0 Å². The first-order valence-electron chi connectivity index (χ1n) is 6.03. The number of phenols is 1. The lowest BCUT2D eigenvalue weighted by atomic mass is 10.1. The number of phenolic OH excluding ortho intramolecular Hbond substituents is 1. The normalized spacial score (nSPS) is 12.4. The third-order valence-electron chi connectivity index (χ3n) is 3.04. The Morgan fingerprint density at radius 1 is 1.21 bits per heavy atom. The summed E-state index contributed by atoms with van der Waals surface area (Å²) >= 11 is 3.39. The molecule has 0 saturated heterocycles. The van der Waals surface area contributed by atoms with Crippen LogP contribution in [0.4, 0.5) is 4.39 Å². The van der Waals surface area contributed by atoms with Crippen LogP contribution in [0.3, 0.4) is 0 Å². The molecule has 2 aromatic rings. The van der Waals surface area contributed by atoms with E-state index in [4.69, 9.17) is 0 Å². The van der Waals surface area contributed by atoms with Crippen molar-refractivity contribution in [2.75, 3.05) is 0 Å². The van der Waals surface area contributed by atoms with Crippen LogP contribution in [-0.2, 0) is 6.54 Å². The molecule has 0 unspecified atom stereocenters. The second kappa shape index (κ2) is 6.17. The summed E-state index contributed by atoms with van der Waals surface area (Å²) < 4.78 is 14.2. The summed E-state index contributed by atoms with van der Waals surface area (Å²) in [6, 6.07) is 12.7. The maximum Gasteiger partial charge on any atom is 0.165 e. The van der Waals surface area contributed by atoms with Crippen LogP contribution in [0.25, 0.3) is 0 Å². The molecule has 0 fully saturated rings. The molecule has 0 bridgehead atoms. The van der Waals surface area contributed by atoms with Crippen molar-refractivity contribution >= 4 is 15.9 Å². The van der Waals surface area contributed by atoms with Crippen LogP contribution in [0.1, 0.15) is 24.1 Å². The van der Waals surface area contributed by atoms with Crippen molar-refractivity contribution in [2.45, 2.75) is 19.5 Å². The lowest BCUT2D eigenvalue weighted by Crippen LogP contribution is -2.18. The number of nitrogens with one attached hydrogen (secondary N) is 1. The van der Waals surface area contributed by atoms with Crippen LogP contribution in [0.5, 0.6) is 5.75 Å². The highest BCUT2D eigenvalue weighted by Gasteiger charge is 2.09. The topological polar surface area (TPSA) is 32.3 Å². The number of hydrogen-bond donors (Lipinski definition) is 2.